The molecule has 0 radical (unpaired) electrons. The van der Waals surface area contributed by atoms with E-state index in [2.05, 4.69) is 43.1 Å². The van der Waals surface area contributed by atoms with E-state index < -0.39 is 0 Å². The average molecular weight is 384 g/mol. The van der Waals surface area contributed by atoms with E-state index in [9.17, 15) is 4.79 Å². The van der Waals surface area contributed by atoms with Gasteiger partial charge in [-0.3, -0.25) is 14.6 Å². The number of amides is 1. The van der Waals surface area contributed by atoms with Crippen molar-refractivity contribution in [2.24, 2.45) is 5.73 Å². The van der Waals surface area contributed by atoms with Crippen LogP contribution in [0.1, 0.15) is 25.2 Å². The fourth-order valence-corrected chi connectivity index (χ4v) is 3.32. The van der Waals surface area contributed by atoms with Crippen molar-refractivity contribution in [2.45, 2.75) is 32.9 Å². The van der Waals surface area contributed by atoms with Gasteiger partial charge in [0, 0.05) is 31.9 Å². The van der Waals surface area contributed by atoms with E-state index in [1.807, 2.05) is 25.1 Å². The first-order chi connectivity index (χ1) is 13.5. The molecule has 5 N–H and O–H groups in total. The Morgan fingerprint density at radius 2 is 1.89 bits per heavy atom. The van der Waals surface area contributed by atoms with E-state index in [-0.39, 0.29) is 17.9 Å². The maximum absolute atomic E-state index is 11.4. The second kappa shape index (κ2) is 8.94. The molecule has 9 heteroatoms. The van der Waals surface area contributed by atoms with Crippen LogP contribution in [-0.4, -0.2) is 62.9 Å². The number of aromatic nitrogens is 3. The summed E-state index contributed by atoms with van der Waals surface area (Å²) >= 11 is 0. The molecular weight excluding hydrogens is 356 g/mol. The first-order valence-electron chi connectivity index (χ1n) is 9.57. The third kappa shape index (κ3) is 4.93. The predicted octanol–water partition coefficient (Wildman–Crippen LogP) is 0.751. The summed E-state index contributed by atoms with van der Waals surface area (Å²) < 4.78 is 0. The molecule has 150 valence electrons. The summed E-state index contributed by atoms with van der Waals surface area (Å²) in [6.45, 7) is 7.70. The molecule has 3 rings (SSSR count). The Labute approximate surface area is 165 Å². The van der Waals surface area contributed by atoms with Gasteiger partial charge in [0.1, 0.15) is 5.82 Å². The third-order valence-corrected chi connectivity index (χ3v) is 5.08. The minimum Gasteiger partial charge on any atom is -0.368 e. The van der Waals surface area contributed by atoms with Crippen LogP contribution in [0.4, 0.5) is 17.6 Å². The number of nitrogens with two attached hydrogens (primary N) is 2. The summed E-state index contributed by atoms with van der Waals surface area (Å²) in [5.41, 5.74) is 13.5. The van der Waals surface area contributed by atoms with E-state index in [0.29, 0.717) is 18.3 Å². The Morgan fingerprint density at radius 3 is 2.57 bits per heavy atom. The lowest BCUT2D eigenvalue weighted by molar-refractivity contribution is -0.123. The lowest BCUT2D eigenvalue weighted by atomic mass is 10.1. The summed E-state index contributed by atoms with van der Waals surface area (Å²) in [4.78, 5) is 28.7. The second-order valence-electron chi connectivity index (χ2n) is 6.96. The van der Waals surface area contributed by atoms with Crippen molar-refractivity contribution in [2.75, 3.05) is 37.2 Å². The Kier molecular flexibility index (Phi) is 6.37. The topological polar surface area (TPSA) is 126 Å². The number of hydrogen-bond donors (Lipinski definition) is 3. The minimum absolute atomic E-state index is 0.197. The smallest absolute Gasteiger partial charge is 0.234 e. The molecule has 0 saturated carbocycles. The summed E-state index contributed by atoms with van der Waals surface area (Å²) in [5, 5.41) is 3.26. The SMILES string of the molecule is CCc1ccccc1Nc1nc(N)nc(CN2CCN([C@@H](C)C(N)=O)CC2)n1. The van der Waals surface area contributed by atoms with Gasteiger partial charge in [0.2, 0.25) is 17.8 Å². The zero-order chi connectivity index (χ0) is 20.1. The van der Waals surface area contributed by atoms with E-state index in [1.165, 1.54) is 5.56 Å². The molecule has 0 unspecified atom stereocenters. The van der Waals surface area contributed by atoms with Gasteiger partial charge in [0.15, 0.2) is 0 Å². The maximum atomic E-state index is 11.4. The largest absolute Gasteiger partial charge is 0.368 e. The monoisotopic (exact) mass is 384 g/mol. The van der Waals surface area contributed by atoms with Gasteiger partial charge in [-0.1, -0.05) is 25.1 Å². The van der Waals surface area contributed by atoms with E-state index >= 15 is 0 Å². The van der Waals surface area contributed by atoms with Crippen LogP contribution in [0.15, 0.2) is 24.3 Å². The Bertz CT molecular complexity index is 819. The van der Waals surface area contributed by atoms with Crippen molar-refractivity contribution < 1.29 is 4.79 Å². The molecule has 1 atom stereocenters. The van der Waals surface area contributed by atoms with Crippen LogP contribution in [0.3, 0.4) is 0 Å². The summed E-state index contributed by atoms with van der Waals surface area (Å²) in [6.07, 6.45) is 0.907. The summed E-state index contributed by atoms with van der Waals surface area (Å²) in [7, 11) is 0. The highest BCUT2D eigenvalue weighted by Crippen LogP contribution is 2.19. The molecule has 1 saturated heterocycles. The van der Waals surface area contributed by atoms with Crippen molar-refractivity contribution in [1.29, 1.82) is 0 Å². The fraction of sp³-hybridized carbons (Fsp3) is 0.474. The van der Waals surface area contributed by atoms with Gasteiger partial charge in [-0.05, 0) is 25.0 Å². The van der Waals surface area contributed by atoms with E-state index in [0.717, 1.165) is 38.3 Å². The van der Waals surface area contributed by atoms with Gasteiger partial charge < -0.3 is 16.8 Å². The normalized spacial score (nSPS) is 16.6. The predicted molar refractivity (Wildman–Crippen MR) is 109 cm³/mol. The lowest BCUT2D eigenvalue weighted by Gasteiger charge is -2.36. The quantitative estimate of drug-likeness (QED) is 0.638. The number of nitrogens with zero attached hydrogens (tertiary/aromatic N) is 5. The molecular formula is C19H28N8O. The molecule has 9 nitrogen and oxygen atoms in total. The van der Waals surface area contributed by atoms with Crippen LogP contribution in [0, 0.1) is 0 Å². The number of aryl methyl sites for hydroxylation is 1. The number of anilines is 3. The van der Waals surface area contributed by atoms with Crippen molar-refractivity contribution in [1.82, 2.24) is 24.8 Å². The molecule has 1 aromatic carbocycles. The standard InChI is InChI=1S/C19H28N8O/c1-3-14-6-4-5-7-15(14)22-19-24-16(23-18(21)25-19)12-26-8-10-27(11-9-26)13(2)17(20)28/h4-7,13H,3,8-12H2,1-2H3,(H2,20,28)(H3,21,22,23,24,25)/t13-/m0/s1. The Hall–Kier alpha value is -2.78. The molecule has 1 fully saturated rings. The number of hydrogen-bond acceptors (Lipinski definition) is 8. The second-order valence-corrected chi connectivity index (χ2v) is 6.96. The highest BCUT2D eigenvalue weighted by atomic mass is 16.1. The summed E-state index contributed by atoms with van der Waals surface area (Å²) in [5.74, 6) is 0.981. The molecule has 0 spiro atoms. The van der Waals surface area contributed by atoms with Crippen molar-refractivity contribution in [3.63, 3.8) is 0 Å². The molecule has 1 aliphatic rings. The minimum atomic E-state index is -0.290. The molecule has 2 aromatic rings. The van der Waals surface area contributed by atoms with Crippen LogP contribution in [0.5, 0.6) is 0 Å². The van der Waals surface area contributed by atoms with E-state index in [4.69, 9.17) is 11.5 Å². The number of nitrogens with one attached hydrogen (secondary N) is 1. The van der Waals surface area contributed by atoms with Gasteiger partial charge in [0.05, 0.1) is 12.6 Å². The zero-order valence-electron chi connectivity index (χ0n) is 16.4. The highest BCUT2D eigenvalue weighted by molar-refractivity contribution is 5.79. The van der Waals surface area contributed by atoms with Crippen LogP contribution >= 0.6 is 0 Å². The van der Waals surface area contributed by atoms with Gasteiger partial charge >= 0.3 is 0 Å². The van der Waals surface area contributed by atoms with Crippen molar-refractivity contribution in [3.8, 4) is 0 Å². The molecule has 1 amide bonds. The van der Waals surface area contributed by atoms with Crippen molar-refractivity contribution in [3.05, 3.63) is 35.7 Å². The number of para-hydroxylation sites is 1. The first-order valence-corrected chi connectivity index (χ1v) is 9.57. The molecule has 1 aromatic heterocycles. The number of benzene rings is 1. The number of carbonyl (C=O) groups is 1. The molecule has 1 aliphatic heterocycles. The van der Waals surface area contributed by atoms with Gasteiger partial charge in [0.25, 0.3) is 0 Å². The van der Waals surface area contributed by atoms with Crippen LogP contribution in [0.2, 0.25) is 0 Å². The van der Waals surface area contributed by atoms with Crippen molar-refractivity contribution >= 4 is 23.5 Å². The number of primary amides is 1. The molecule has 28 heavy (non-hydrogen) atoms. The number of carbonyl (C=O) groups excluding carboxylic acids is 1. The number of nitrogen functional groups attached to an aromatic ring is 1. The highest BCUT2D eigenvalue weighted by Gasteiger charge is 2.24. The van der Waals surface area contributed by atoms with Gasteiger partial charge in [-0.15, -0.1) is 0 Å². The zero-order valence-corrected chi connectivity index (χ0v) is 16.4. The Morgan fingerprint density at radius 1 is 1.18 bits per heavy atom. The molecule has 2 heterocycles. The lowest BCUT2D eigenvalue weighted by Crippen LogP contribution is -2.52. The maximum Gasteiger partial charge on any atom is 0.234 e. The fourth-order valence-electron chi connectivity index (χ4n) is 3.32. The number of piperazine rings is 1. The van der Waals surface area contributed by atoms with E-state index in [1.54, 1.807) is 0 Å². The Balaban J connectivity index is 1.65. The average Bonchev–Trinajstić information content (AvgIpc) is 2.68. The van der Waals surface area contributed by atoms with Crippen LogP contribution < -0.4 is 16.8 Å². The van der Waals surface area contributed by atoms with Gasteiger partial charge in [-0.25, -0.2) is 0 Å². The molecule has 0 aliphatic carbocycles. The van der Waals surface area contributed by atoms with Crippen LogP contribution in [-0.2, 0) is 17.8 Å². The third-order valence-electron chi connectivity index (χ3n) is 5.08. The van der Waals surface area contributed by atoms with Gasteiger partial charge in [-0.2, -0.15) is 15.0 Å². The number of rotatable bonds is 7. The summed E-state index contributed by atoms with van der Waals surface area (Å²) in [6, 6.07) is 7.80. The van der Waals surface area contributed by atoms with Crippen LogP contribution in [0.25, 0.3) is 0 Å². The molecule has 0 bridgehead atoms. The first kappa shape index (κ1) is 20.0.